The van der Waals surface area contributed by atoms with Gasteiger partial charge in [0.2, 0.25) is 0 Å². The summed E-state index contributed by atoms with van der Waals surface area (Å²) in [6, 6.07) is 17.5. The fraction of sp³-hybridized carbons (Fsp3) is 0.235. The lowest BCUT2D eigenvalue weighted by Crippen LogP contribution is -2.35. The van der Waals surface area contributed by atoms with Crippen molar-refractivity contribution in [3.8, 4) is 5.75 Å². The molecule has 1 N–H and O–H groups in total. The highest BCUT2D eigenvalue weighted by atomic mass is 16.5. The highest BCUT2D eigenvalue weighted by molar-refractivity contribution is 5.80. The highest BCUT2D eigenvalue weighted by Crippen LogP contribution is 2.13. The Kier molecular flexibility index (Phi) is 4.77. The van der Waals surface area contributed by atoms with Gasteiger partial charge in [0.05, 0.1) is 0 Å². The van der Waals surface area contributed by atoms with Gasteiger partial charge in [0, 0.05) is 6.54 Å². The number of amides is 1. The van der Waals surface area contributed by atoms with E-state index in [9.17, 15) is 4.79 Å². The number of rotatable bonds is 5. The van der Waals surface area contributed by atoms with Gasteiger partial charge in [-0.25, -0.2) is 0 Å². The Bertz CT molecular complexity index is 549. The molecule has 104 valence electrons. The van der Waals surface area contributed by atoms with Gasteiger partial charge in [-0.3, -0.25) is 4.79 Å². The second kappa shape index (κ2) is 6.75. The summed E-state index contributed by atoms with van der Waals surface area (Å²) >= 11 is 0. The standard InChI is InChI=1S/C17H19NO2/c1-13-8-10-16(11-9-13)20-14(2)17(19)18-12-15-6-4-3-5-7-15/h3-11,14H,12H2,1-2H3,(H,18,19). The highest BCUT2D eigenvalue weighted by Gasteiger charge is 2.13. The molecule has 2 aromatic rings. The molecule has 2 rings (SSSR count). The van der Waals surface area contributed by atoms with Crippen molar-refractivity contribution in [2.45, 2.75) is 26.5 Å². The van der Waals surface area contributed by atoms with E-state index in [4.69, 9.17) is 4.74 Å². The predicted molar refractivity (Wildman–Crippen MR) is 79.6 cm³/mol. The molecule has 0 aliphatic heterocycles. The molecule has 3 nitrogen and oxygen atoms in total. The van der Waals surface area contributed by atoms with Gasteiger partial charge in [-0.2, -0.15) is 0 Å². The molecule has 0 fully saturated rings. The van der Waals surface area contributed by atoms with Crippen LogP contribution in [-0.2, 0) is 11.3 Å². The fourth-order valence-electron chi connectivity index (χ4n) is 1.80. The monoisotopic (exact) mass is 269 g/mol. The van der Waals surface area contributed by atoms with E-state index in [2.05, 4.69) is 5.32 Å². The molecule has 2 aromatic carbocycles. The quantitative estimate of drug-likeness (QED) is 0.906. The maximum Gasteiger partial charge on any atom is 0.261 e. The fourth-order valence-corrected chi connectivity index (χ4v) is 1.80. The molecule has 1 atom stereocenters. The molecule has 0 saturated heterocycles. The maximum absolute atomic E-state index is 12.0. The summed E-state index contributed by atoms with van der Waals surface area (Å²) in [6.45, 7) is 4.28. The number of carbonyl (C=O) groups is 1. The minimum Gasteiger partial charge on any atom is -0.481 e. The number of hydrogen-bond donors (Lipinski definition) is 1. The average Bonchev–Trinajstić information content (AvgIpc) is 2.48. The molecule has 0 spiro atoms. The van der Waals surface area contributed by atoms with E-state index in [1.54, 1.807) is 6.92 Å². The van der Waals surface area contributed by atoms with Crippen LogP contribution in [0, 0.1) is 6.92 Å². The van der Waals surface area contributed by atoms with Gasteiger partial charge in [-0.1, -0.05) is 48.0 Å². The Hall–Kier alpha value is -2.29. The Morgan fingerprint density at radius 1 is 1.10 bits per heavy atom. The molecule has 0 aromatic heterocycles. The summed E-state index contributed by atoms with van der Waals surface area (Å²) in [5.74, 6) is 0.590. The first-order chi connectivity index (χ1) is 9.65. The van der Waals surface area contributed by atoms with Crippen LogP contribution in [0.4, 0.5) is 0 Å². The number of benzene rings is 2. The summed E-state index contributed by atoms with van der Waals surface area (Å²) in [5.41, 5.74) is 2.24. The zero-order chi connectivity index (χ0) is 14.4. The van der Waals surface area contributed by atoms with Crippen molar-refractivity contribution in [1.82, 2.24) is 5.32 Å². The summed E-state index contributed by atoms with van der Waals surface area (Å²) in [7, 11) is 0. The van der Waals surface area contributed by atoms with E-state index in [0.717, 1.165) is 5.56 Å². The third kappa shape index (κ3) is 4.12. The maximum atomic E-state index is 12.0. The topological polar surface area (TPSA) is 38.3 Å². The Morgan fingerprint density at radius 2 is 1.75 bits per heavy atom. The summed E-state index contributed by atoms with van der Waals surface area (Å²) in [4.78, 5) is 12.0. The molecule has 1 amide bonds. The zero-order valence-corrected chi connectivity index (χ0v) is 11.8. The van der Waals surface area contributed by atoms with Crippen LogP contribution in [0.5, 0.6) is 5.75 Å². The molecule has 0 aliphatic carbocycles. The van der Waals surface area contributed by atoms with E-state index in [1.165, 1.54) is 5.56 Å². The lowest BCUT2D eigenvalue weighted by molar-refractivity contribution is -0.127. The van der Waals surface area contributed by atoms with Crippen LogP contribution >= 0.6 is 0 Å². The molecule has 0 bridgehead atoms. The van der Waals surface area contributed by atoms with Gasteiger partial charge in [0.1, 0.15) is 5.75 Å². The SMILES string of the molecule is Cc1ccc(OC(C)C(=O)NCc2ccccc2)cc1. The van der Waals surface area contributed by atoms with Crippen molar-refractivity contribution in [3.63, 3.8) is 0 Å². The summed E-state index contributed by atoms with van der Waals surface area (Å²) in [6.07, 6.45) is -0.513. The summed E-state index contributed by atoms with van der Waals surface area (Å²) < 4.78 is 5.61. The Morgan fingerprint density at radius 3 is 2.40 bits per heavy atom. The van der Waals surface area contributed by atoms with Crippen LogP contribution in [0.2, 0.25) is 0 Å². The van der Waals surface area contributed by atoms with Crippen LogP contribution < -0.4 is 10.1 Å². The molecule has 20 heavy (non-hydrogen) atoms. The molecule has 0 radical (unpaired) electrons. The van der Waals surface area contributed by atoms with Gasteiger partial charge in [0.25, 0.3) is 5.91 Å². The molecular weight excluding hydrogens is 250 g/mol. The minimum absolute atomic E-state index is 0.116. The molecule has 3 heteroatoms. The van der Waals surface area contributed by atoms with Crippen molar-refractivity contribution in [2.24, 2.45) is 0 Å². The second-order valence-electron chi connectivity index (χ2n) is 4.78. The van der Waals surface area contributed by atoms with Gasteiger partial charge in [-0.15, -0.1) is 0 Å². The summed E-state index contributed by atoms with van der Waals surface area (Å²) in [5, 5.41) is 2.87. The second-order valence-corrected chi connectivity index (χ2v) is 4.78. The molecule has 0 aliphatic rings. The number of carbonyl (C=O) groups excluding carboxylic acids is 1. The third-order valence-electron chi connectivity index (χ3n) is 3.01. The van der Waals surface area contributed by atoms with E-state index < -0.39 is 6.10 Å². The Balaban J connectivity index is 1.84. The molecular formula is C17H19NO2. The van der Waals surface area contributed by atoms with Crippen LogP contribution in [0.25, 0.3) is 0 Å². The van der Waals surface area contributed by atoms with Crippen LogP contribution in [0.3, 0.4) is 0 Å². The van der Waals surface area contributed by atoms with Crippen molar-refractivity contribution in [2.75, 3.05) is 0 Å². The first kappa shape index (κ1) is 14.1. The van der Waals surface area contributed by atoms with E-state index in [0.29, 0.717) is 12.3 Å². The average molecular weight is 269 g/mol. The van der Waals surface area contributed by atoms with Crippen LogP contribution in [-0.4, -0.2) is 12.0 Å². The number of ether oxygens (including phenoxy) is 1. The van der Waals surface area contributed by atoms with Gasteiger partial charge >= 0.3 is 0 Å². The van der Waals surface area contributed by atoms with E-state index in [-0.39, 0.29) is 5.91 Å². The van der Waals surface area contributed by atoms with Gasteiger partial charge in [-0.05, 0) is 31.5 Å². The molecule has 1 unspecified atom stereocenters. The van der Waals surface area contributed by atoms with Crippen LogP contribution in [0.15, 0.2) is 54.6 Å². The first-order valence-corrected chi connectivity index (χ1v) is 6.70. The smallest absolute Gasteiger partial charge is 0.261 e. The largest absolute Gasteiger partial charge is 0.481 e. The van der Waals surface area contributed by atoms with E-state index in [1.807, 2.05) is 61.5 Å². The third-order valence-corrected chi connectivity index (χ3v) is 3.01. The van der Waals surface area contributed by atoms with Gasteiger partial charge in [0.15, 0.2) is 6.10 Å². The Labute approximate surface area is 119 Å². The number of nitrogens with one attached hydrogen (secondary N) is 1. The normalized spacial score (nSPS) is 11.7. The molecule has 0 saturated carbocycles. The van der Waals surface area contributed by atoms with Crippen molar-refractivity contribution >= 4 is 5.91 Å². The minimum atomic E-state index is -0.513. The zero-order valence-electron chi connectivity index (χ0n) is 11.8. The lowest BCUT2D eigenvalue weighted by Gasteiger charge is -2.14. The van der Waals surface area contributed by atoms with Crippen molar-refractivity contribution < 1.29 is 9.53 Å². The predicted octanol–water partition coefficient (Wildman–Crippen LogP) is 3.08. The van der Waals surface area contributed by atoms with Crippen molar-refractivity contribution in [1.29, 1.82) is 0 Å². The van der Waals surface area contributed by atoms with Gasteiger partial charge < -0.3 is 10.1 Å². The number of aryl methyl sites for hydroxylation is 1. The lowest BCUT2D eigenvalue weighted by atomic mass is 10.2. The molecule has 0 heterocycles. The van der Waals surface area contributed by atoms with Crippen LogP contribution in [0.1, 0.15) is 18.1 Å². The first-order valence-electron chi connectivity index (χ1n) is 6.70. The number of hydrogen-bond acceptors (Lipinski definition) is 2. The van der Waals surface area contributed by atoms with E-state index >= 15 is 0 Å². The van der Waals surface area contributed by atoms with Crippen molar-refractivity contribution in [3.05, 3.63) is 65.7 Å².